The van der Waals surface area contributed by atoms with Gasteiger partial charge in [-0.2, -0.15) is 0 Å². The van der Waals surface area contributed by atoms with Crippen molar-refractivity contribution in [3.05, 3.63) is 91.9 Å². The Morgan fingerprint density at radius 3 is 2.42 bits per heavy atom. The molecular weight excluding hydrogens is 460 g/mol. The molecule has 0 radical (unpaired) electrons. The van der Waals surface area contributed by atoms with Gasteiger partial charge in [-0.05, 0) is 76.3 Å². The van der Waals surface area contributed by atoms with E-state index in [-0.39, 0.29) is 12.3 Å². The van der Waals surface area contributed by atoms with Crippen molar-refractivity contribution in [3.8, 4) is 11.5 Å². The van der Waals surface area contributed by atoms with Gasteiger partial charge in [-0.15, -0.1) is 0 Å². The number of nitrogens with one attached hydrogen (secondary N) is 1. The van der Waals surface area contributed by atoms with Gasteiger partial charge in [0, 0.05) is 24.4 Å². The number of ether oxygens (including phenoxy) is 2. The third-order valence-corrected chi connectivity index (χ3v) is 5.37. The summed E-state index contributed by atoms with van der Waals surface area (Å²) >= 11 is 3.60. The minimum Gasteiger partial charge on any atom is -0.490 e. The number of hydrogen-bond acceptors (Lipinski definition) is 5. The molecule has 31 heavy (non-hydrogen) atoms. The highest BCUT2D eigenvalue weighted by molar-refractivity contribution is 9.10. The lowest BCUT2D eigenvalue weighted by molar-refractivity contribution is -0.384. The number of benzene rings is 3. The lowest BCUT2D eigenvalue weighted by atomic mass is 10.1. The van der Waals surface area contributed by atoms with E-state index >= 15 is 0 Å². The Balaban J connectivity index is 1.74. The molecule has 7 heteroatoms. The van der Waals surface area contributed by atoms with E-state index in [0.717, 1.165) is 27.7 Å². The number of halogens is 1. The highest BCUT2D eigenvalue weighted by atomic mass is 79.9. The summed E-state index contributed by atoms with van der Waals surface area (Å²) in [5.74, 6) is 1.26. The van der Waals surface area contributed by atoms with Crippen molar-refractivity contribution in [1.29, 1.82) is 0 Å². The van der Waals surface area contributed by atoms with Crippen molar-refractivity contribution in [1.82, 2.24) is 0 Å². The first-order chi connectivity index (χ1) is 15.0. The van der Waals surface area contributed by atoms with Gasteiger partial charge in [0.05, 0.1) is 16.0 Å². The lowest BCUT2D eigenvalue weighted by Gasteiger charge is -2.17. The molecule has 0 fully saturated rings. The SMILES string of the molecule is CCOc1cc(CNc2ccccc2CC)cc(Br)c1OCc1ccc([N+](=O)[O-])cc1. The van der Waals surface area contributed by atoms with Crippen molar-refractivity contribution in [2.75, 3.05) is 11.9 Å². The Hall–Kier alpha value is -3.06. The zero-order valence-electron chi connectivity index (χ0n) is 17.6. The Morgan fingerprint density at radius 1 is 1.00 bits per heavy atom. The molecule has 0 saturated heterocycles. The van der Waals surface area contributed by atoms with Crippen LogP contribution in [0.3, 0.4) is 0 Å². The maximum Gasteiger partial charge on any atom is 0.269 e. The standard InChI is InChI=1S/C24H25BrN2O4/c1-3-19-7-5-6-8-22(19)26-15-18-13-21(25)24(23(14-18)30-4-2)31-16-17-9-11-20(12-10-17)27(28)29/h5-14,26H,3-4,15-16H2,1-2H3. The molecule has 0 atom stereocenters. The van der Waals surface area contributed by atoms with E-state index in [9.17, 15) is 10.1 Å². The number of aryl methyl sites for hydroxylation is 1. The van der Waals surface area contributed by atoms with Crippen LogP contribution in [0.15, 0.2) is 65.1 Å². The van der Waals surface area contributed by atoms with Crippen LogP contribution in [0.5, 0.6) is 11.5 Å². The van der Waals surface area contributed by atoms with E-state index in [0.29, 0.717) is 24.7 Å². The number of nitrogens with zero attached hydrogens (tertiary/aromatic N) is 1. The fourth-order valence-corrected chi connectivity index (χ4v) is 3.80. The molecule has 3 aromatic carbocycles. The van der Waals surface area contributed by atoms with E-state index in [1.54, 1.807) is 12.1 Å². The second-order valence-electron chi connectivity index (χ2n) is 6.91. The van der Waals surface area contributed by atoms with Gasteiger partial charge in [-0.3, -0.25) is 10.1 Å². The Morgan fingerprint density at radius 2 is 1.74 bits per heavy atom. The van der Waals surface area contributed by atoms with Gasteiger partial charge in [0.1, 0.15) is 6.61 Å². The highest BCUT2D eigenvalue weighted by Crippen LogP contribution is 2.38. The average molecular weight is 485 g/mol. The first kappa shape index (κ1) is 22.6. The molecule has 0 aliphatic rings. The number of nitro benzene ring substituents is 1. The summed E-state index contributed by atoms with van der Waals surface area (Å²) in [7, 11) is 0. The summed E-state index contributed by atoms with van der Waals surface area (Å²) in [6.07, 6.45) is 0.965. The summed E-state index contributed by atoms with van der Waals surface area (Å²) in [5, 5.41) is 14.3. The highest BCUT2D eigenvalue weighted by Gasteiger charge is 2.14. The van der Waals surface area contributed by atoms with Crippen LogP contribution in [-0.4, -0.2) is 11.5 Å². The molecular formula is C24H25BrN2O4. The van der Waals surface area contributed by atoms with Gasteiger partial charge in [-0.1, -0.05) is 25.1 Å². The number of para-hydroxylation sites is 1. The van der Waals surface area contributed by atoms with E-state index in [1.165, 1.54) is 17.7 Å². The first-order valence-electron chi connectivity index (χ1n) is 10.1. The second kappa shape index (κ2) is 10.8. The van der Waals surface area contributed by atoms with Gasteiger partial charge in [0.2, 0.25) is 0 Å². The molecule has 0 aromatic heterocycles. The molecule has 0 aliphatic heterocycles. The number of non-ortho nitro benzene ring substituents is 1. The van der Waals surface area contributed by atoms with Crippen LogP contribution in [0.4, 0.5) is 11.4 Å². The molecule has 0 spiro atoms. The molecule has 6 nitrogen and oxygen atoms in total. The first-order valence-corrected chi connectivity index (χ1v) is 10.9. The third-order valence-electron chi connectivity index (χ3n) is 4.78. The minimum atomic E-state index is -0.417. The molecule has 1 N–H and O–H groups in total. The number of anilines is 1. The van der Waals surface area contributed by atoms with Gasteiger partial charge in [0.25, 0.3) is 5.69 Å². The largest absolute Gasteiger partial charge is 0.490 e. The zero-order chi connectivity index (χ0) is 22.2. The molecule has 0 saturated carbocycles. The molecule has 0 unspecified atom stereocenters. The molecule has 0 aliphatic carbocycles. The summed E-state index contributed by atoms with van der Waals surface area (Å²) in [6, 6.07) is 18.6. The topological polar surface area (TPSA) is 73.6 Å². The van der Waals surface area contributed by atoms with Gasteiger partial charge >= 0.3 is 0 Å². The van der Waals surface area contributed by atoms with Crippen LogP contribution in [0.2, 0.25) is 0 Å². The Bertz CT molecular complexity index is 1040. The van der Waals surface area contributed by atoms with Crippen LogP contribution in [0.1, 0.15) is 30.5 Å². The fraction of sp³-hybridized carbons (Fsp3) is 0.250. The van der Waals surface area contributed by atoms with Gasteiger partial charge in [-0.25, -0.2) is 0 Å². The monoisotopic (exact) mass is 484 g/mol. The normalized spacial score (nSPS) is 10.5. The van der Waals surface area contributed by atoms with Crippen LogP contribution < -0.4 is 14.8 Å². The van der Waals surface area contributed by atoms with Crippen molar-refractivity contribution in [3.63, 3.8) is 0 Å². The molecule has 0 amide bonds. The van der Waals surface area contributed by atoms with Gasteiger partial charge < -0.3 is 14.8 Å². The van der Waals surface area contributed by atoms with E-state index < -0.39 is 4.92 Å². The minimum absolute atomic E-state index is 0.0569. The van der Waals surface area contributed by atoms with Crippen LogP contribution in [-0.2, 0) is 19.6 Å². The van der Waals surface area contributed by atoms with Crippen molar-refractivity contribution in [2.45, 2.75) is 33.4 Å². The molecule has 0 bridgehead atoms. The van der Waals surface area contributed by atoms with E-state index in [2.05, 4.69) is 40.3 Å². The van der Waals surface area contributed by atoms with E-state index in [1.807, 2.05) is 31.2 Å². The van der Waals surface area contributed by atoms with E-state index in [4.69, 9.17) is 9.47 Å². The second-order valence-corrected chi connectivity index (χ2v) is 7.77. The van der Waals surface area contributed by atoms with Crippen LogP contribution in [0.25, 0.3) is 0 Å². The third kappa shape index (κ3) is 5.98. The van der Waals surface area contributed by atoms with Crippen molar-refractivity contribution >= 4 is 27.3 Å². The smallest absolute Gasteiger partial charge is 0.269 e. The summed E-state index contributed by atoms with van der Waals surface area (Å²) in [4.78, 5) is 10.4. The zero-order valence-corrected chi connectivity index (χ0v) is 19.1. The fourth-order valence-electron chi connectivity index (χ4n) is 3.19. The summed E-state index contributed by atoms with van der Waals surface area (Å²) in [6.45, 7) is 5.50. The molecule has 3 aromatic rings. The Kier molecular flexibility index (Phi) is 7.89. The molecule has 3 rings (SSSR count). The summed E-state index contributed by atoms with van der Waals surface area (Å²) in [5.41, 5.74) is 4.35. The Labute approximate surface area is 190 Å². The number of nitro groups is 1. The van der Waals surface area contributed by atoms with Crippen LogP contribution in [0, 0.1) is 10.1 Å². The number of hydrogen-bond donors (Lipinski definition) is 1. The maximum atomic E-state index is 10.8. The molecule has 162 valence electrons. The lowest BCUT2D eigenvalue weighted by Crippen LogP contribution is -2.05. The molecule has 0 heterocycles. The van der Waals surface area contributed by atoms with Crippen LogP contribution >= 0.6 is 15.9 Å². The quantitative estimate of drug-likeness (QED) is 0.262. The predicted molar refractivity (Wildman–Crippen MR) is 126 cm³/mol. The van der Waals surface area contributed by atoms with Crippen molar-refractivity contribution in [2.24, 2.45) is 0 Å². The van der Waals surface area contributed by atoms with Crippen molar-refractivity contribution < 1.29 is 14.4 Å². The maximum absolute atomic E-state index is 10.8. The predicted octanol–water partition coefficient (Wildman–Crippen LogP) is 6.51. The average Bonchev–Trinajstić information content (AvgIpc) is 2.77. The number of rotatable bonds is 10. The summed E-state index contributed by atoms with van der Waals surface area (Å²) < 4.78 is 12.6. The van der Waals surface area contributed by atoms with Gasteiger partial charge in [0.15, 0.2) is 11.5 Å².